The molecule has 0 aromatic heterocycles. The van der Waals surface area contributed by atoms with Crippen molar-refractivity contribution in [3.05, 3.63) is 12.7 Å². The molecule has 0 amide bonds. The largest absolute Gasteiger partial charge is 0.455 e. The Balaban J connectivity index is 1.64. The van der Waals surface area contributed by atoms with Crippen LogP contribution < -0.4 is 0 Å². The Morgan fingerprint density at radius 3 is 2.76 bits per heavy atom. The summed E-state index contributed by atoms with van der Waals surface area (Å²) in [5.41, 5.74) is 0. The third-order valence-corrected chi connectivity index (χ3v) is 4.29. The summed E-state index contributed by atoms with van der Waals surface area (Å²) in [5.74, 6) is -1.93. The van der Waals surface area contributed by atoms with E-state index in [1.165, 1.54) is 0 Å². The zero-order valence-electron chi connectivity index (χ0n) is 11.5. The normalized spacial score (nSPS) is 39.0. The van der Waals surface area contributed by atoms with E-state index in [1.807, 2.05) is 6.92 Å². The Labute approximate surface area is 121 Å². The first-order chi connectivity index (χ1) is 10.1. The molecule has 3 saturated heterocycles. The van der Waals surface area contributed by atoms with Crippen LogP contribution in [-0.4, -0.2) is 48.9 Å². The number of hydrogen-bond donors (Lipinski definition) is 0. The maximum Gasteiger partial charge on any atom is 0.344 e. The standard InChI is InChI=1S/C14H16O7/c1-3-6-9-11-13(21-14(9)17)12(10(6)20-11)19-8(16)5-18-7(15)4-2/h4,6,9-13H,2-3,5H2,1H3. The Kier molecular flexibility index (Phi) is 3.44. The monoisotopic (exact) mass is 296 g/mol. The van der Waals surface area contributed by atoms with Gasteiger partial charge >= 0.3 is 17.9 Å². The Morgan fingerprint density at radius 1 is 1.33 bits per heavy atom. The van der Waals surface area contributed by atoms with Crippen LogP contribution in [0.15, 0.2) is 12.7 Å². The van der Waals surface area contributed by atoms with E-state index in [2.05, 4.69) is 11.3 Å². The van der Waals surface area contributed by atoms with Gasteiger partial charge in [0.1, 0.15) is 12.2 Å². The molecule has 6 atom stereocenters. The molecule has 0 aromatic rings. The number of hydrogen-bond acceptors (Lipinski definition) is 7. The van der Waals surface area contributed by atoms with Gasteiger partial charge in [0, 0.05) is 12.0 Å². The molecule has 0 radical (unpaired) electrons. The Hall–Kier alpha value is -1.89. The van der Waals surface area contributed by atoms with E-state index >= 15 is 0 Å². The van der Waals surface area contributed by atoms with Crippen molar-refractivity contribution in [2.24, 2.45) is 11.8 Å². The van der Waals surface area contributed by atoms with Gasteiger partial charge in [-0.15, -0.1) is 0 Å². The zero-order valence-corrected chi connectivity index (χ0v) is 11.5. The lowest BCUT2D eigenvalue weighted by Crippen LogP contribution is -2.45. The second-order valence-electron chi connectivity index (χ2n) is 5.33. The number of carbonyl (C=O) groups excluding carboxylic acids is 3. The van der Waals surface area contributed by atoms with E-state index in [4.69, 9.17) is 14.2 Å². The SMILES string of the molecule is C=CC(=O)OCC(=O)OC1C2OC3C1OC(=O)C3C2CC. The lowest BCUT2D eigenvalue weighted by atomic mass is 9.77. The highest BCUT2D eigenvalue weighted by Crippen LogP contribution is 2.51. The van der Waals surface area contributed by atoms with E-state index in [0.29, 0.717) is 0 Å². The van der Waals surface area contributed by atoms with Gasteiger partial charge in [-0.25, -0.2) is 9.59 Å². The molecule has 21 heavy (non-hydrogen) atoms. The van der Waals surface area contributed by atoms with Crippen LogP contribution in [0.3, 0.4) is 0 Å². The molecule has 3 heterocycles. The van der Waals surface area contributed by atoms with Gasteiger partial charge in [0.15, 0.2) is 18.8 Å². The highest BCUT2D eigenvalue weighted by atomic mass is 16.7. The summed E-state index contributed by atoms with van der Waals surface area (Å²) in [6.45, 7) is 4.69. The summed E-state index contributed by atoms with van der Waals surface area (Å²) in [5, 5.41) is 0. The second-order valence-corrected chi connectivity index (χ2v) is 5.33. The van der Waals surface area contributed by atoms with E-state index < -0.39 is 30.8 Å². The molecular formula is C14H16O7. The number of rotatable bonds is 5. The second kappa shape index (κ2) is 5.14. The third-order valence-electron chi connectivity index (χ3n) is 4.29. The summed E-state index contributed by atoms with van der Waals surface area (Å²) >= 11 is 0. The molecule has 7 nitrogen and oxygen atoms in total. The minimum atomic E-state index is -0.699. The Morgan fingerprint density at radius 2 is 2.10 bits per heavy atom. The molecule has 6 unspecified atom stereocenters. The molecule has 3 aliphatic heterocycles. The first kappa shape index (κ1) is 14.1. The van der Waals surface area contributed by atoms with Crippen LogP contribution in [-0.2, 0) is 33.3 Å². The fourth-order valence-electron chi connectivity index (χ4n) is 3.44. The van der Waals surface area contributed by atoms with Crippen LogP contribution in [0.5, 0.6) is 0 Å². The predicted octanol–water partition coefficient (Wildman–Crippen LogP) is -0.0238. The van der Waals surface area contributed by atoms with Crippen molar-refractivity contribution in [1.82, 2.24) is 0 Å². The first-order valence-electron chi connectivity index (χ1n) is 6.91. The van der Waals surface area contributed by atoms with Crippen LogP contribution in [0.1, 0.15) is 13.3 Å². The van der Waals surface area contributed by atoms with Crippen LogP contribution in [0.2, 0.25) is 0 Å². The lowest BCUT2D eigenvalue weighted by Gasteiger charge is -2.27. The fourth-order valence-corrected chi connectivity index (χ4v) is 3.44. The summed E-state index contributed by atoms with van der Waals surface area (Å²) in [6.07, 6.45) is -0.134. The van der Waals surface area contributed by atoms with Gasteiger partial charge in [-0.3, -0.25) is 4.79 Å². The number of carbonyl (C=O) groups is 3. The van der Waals surface area contributed by atoms with Crippen molar-refractivity contribution in [2.75, 3.05) is 6.61 Å². The summed E-state index contributed by atoms with van der Waals surface area (Å²) in [6, 6.07) is 0. The molecule has 0 spiro atoms. The summed E-state index contributed by atoms with van der Waals surface area (Å²) in [7, 11) is 0. The highest BCUT2D eigenvalue weighted by Gasteiger charge is 2.69. The maximum atomic E-state index is 11.8. The van der Waals surface area contributed by atoms with Crippen molar-refractivity contribution >= 4 is 17.9 Å². The van der Waals surface area contributed by atoms with Gasteiger partial charge in [0.05, 0.1) is 5.92 Å². The van der Waals surface area contributed by atoms with Crippen LogP contribution >= 0.6 is 0 Å². The molecule has 7 heteroatoms. The molecule has 0 aromatic carbocycles. The number of ether oxygens (including phenoxy) is 4. The van der Waals surface area contributed by atoms with Gasteiger partial charge in [-0.05, 0) is 6.42 Å². The van der Waals surface area contributed by atoms with Crippen molar-refractivity contribution in [3.63, 3.8) is 0 Å². The average Bonchev–Trinajstić information content (AvgIpc) is 3.07. The number of fused-ring (bicyclic) bond motifs is 1. The van der Waals surface area contributed by atoms with Gasteiger partial charge in [0.2, 0.25) is 0 Å². The molecule has 0 N–H and O–H groups in total. The molecule has 3 aliphatic rings. The van der Waals surface area contributed by atoms with Crippen molar-refractivity contribution in [1.29, 1.82) is 0 Å². The van der Waals surface area contributed by atoms with Gasteiger partial charge in [-0.1, -0.05) is 13.5 Å². The van der Waals surface area contributed by atoms with E-state index in [9.17, 15) is 14.4 Å². The smallest absolute Gasteiger partial charge is 0.344 e. The minimum Gasteiger partial charge on any atom is -0.455 e. The molecule has 2 bridgehead atoms. The van der Waals surface area contributed by atoms with E-state index in [1.54, 1.807) is 0 Å². The van der Waals surface area contributed by atoms with Gasteiger partial charge in [-0.2, -0.15) is 0 Å². The molecule has 0 saturated carbocycles. The van der Waals surface area contributed by atoms with Gasteiger partial charge in [0.25, 0.3) is 0 Å². The maximum absolute atomic E-state index is 11.8. The first-order valence-corrected chi connectivity index (χ1v) is 6.91. The van der Waals surface area contributed by atoms with Crippen molar-refractivity contribution in [2.45, 2.75) is 37.8 Å². The number of esters is 3. The third kappa shape index (κ3) is 2.12. The van der Waals surface area contributed by atoms with Crippen molar-refractivity contribution in [3.8, 4) is 0 Å². The van der Waals surface area contributed by atoms with Crippen molar-refractivity contribution < 1.29 is 33.3 Å². The zero-order chi connectivity index (χ0) is 15.1. The Bertz CT molecular complexity index is 500. The predicted molar refractivity (Wildman–Crippen MR) is 66.8 cm³/mol. The molecule has 0 aliphatic carbocycles. The summed E-state index contributed by atoms with van der Waals surface area (Å²) in [4.78, 5) is 34.4. The van der Waals surface area contributed by atoms with Crippen LogP contribution in [0, 0.1) is 11.8 Å². The van der Waals surface area contributed by atoms with Crippen LogP contribution in [0.4, 0.5) is 0 Å². The molecule has 3 rings (SSSR count). The average molecular weight is 296 g/mol. The fraction of sp³-hybridized carbons (Fsp3) is 0.643. The highest BCUT2D eigenvalue weighted by molar-refractivity contribution is 5.84. The molecule has 114 valence electrons. The summed E-state index contributed by atoms with van der Waals surface area (Å²) < 4.78 is 20.9. The lowest BCUT2D eigenvalue weighted by molar-refractivity contribution is -0.167. The van der Waals surface area contributed by atoms with E-state index in [0.717, 1.165) is 12.5 Å². The quantitative estimate of drug-likeness (QED) is 0.400. The molecule has 3 fully saturated rings. The topological polar surface area (TPSA) is 88.1 Å². The van der Waals surface area contributed by atoms with E-state index in [-0.39, 0.29) is 30.0 Å². The minimum absolute atomic E-state index is 0.00484. The molecular weight excluding hydrogens is 280 g/mol. The van der Waals surface area contributed by atoms with Crippen LogP contribution in [0.25, 0.3) is 0 Å². The van der Waals surface area contributed by atoms with Gasteiger partial charge < -0.3 is 18.9 Å².